The van der Waals surface area contributed by atoms with Crippen LogP contribution in [-0.4, -0.2) is 22.0 Å². The van der Waals surface area contributed by atoms with Crippen LogP contribution in [0.4, 0.5) is 0 Å². The van der Waals surface area contributed by atoms with Crippen molar-refractivity contribution in [2.45, 2.75) is 20.8 Å². The van der Waals surface area contributed by atoms with Crippen molar-refractivity contribution in [3.8, 4) is 11.3 Å². The molecular formula is C16H16N2O2S. The maximum absolute atomic E-state index is 11.9. The Labute approximate surface area is 127 Å². The summed E-state index contributed by atoms with van der Waals surface area (Å²) >= 11 is 1.37. The van der Waals surface area contributed by atoms with Crippen molar-refractivity contribution in [2.24, 2.45) is 0 Å². The van der Waals surface area contributed by atoms with Crippen molar-refractivity contribution in [3.63, 3.8) is 0 Å². The highest BCUT2D eigenvalue weighted by Gasteiger charge is 2.19. The predicted octanol–water partition coefficient (Wildman–Crippen LogP) is 3.86. The zero-order valence-electron chi connectivity index (χ0n) is 12.2. The van der Waals surface area contributed by atoms with Crippen LogP contribution in [0.2, 0.25) is 0 Å². The second kappa shape index (κ2) is 5.33. The number of benzene rings is 1. The second-order valence-corrected chi connectivity index (χ2v) is 5.81. The molecule has 0 aliphatic heterocycles. The third kappa shape index (κ3) is 2.34. The summed E-state index contributed by atoms with van der Waals surface area (Å²) in [5, 5.41) is 0. The Morgan fingerprint density at radius 3 is 2.76 bits per heavy atom. The minimum Gasteiger partial charge on any atom is -0.462 e. The first-order valence-corrected chi connectivity index (χ1v) is 7.65. The fraction of sp³-hybridized carbons (Fsp3) is 0.250. The molecule has 0 atom stereocenters. The molecule has 0 unspecified atom stereocenters. The van der Waals surface area contributed by atoms with Crippen LogP contribution in [0.15, 0.2) is 30.5 Å². The maximum atomic E-state index is 11.9. The molecule has 0 aliphatic rings. The van der Waals surface area contributed by atoms with Gasteiger partial charge in [0.1, 0.15) is 4.88 Å². The molecule has 0 bridgehead atoms. The van der Waals surface area contributed by atoms with Crippen molar-refractivity contribution in [2.75, 3.05) is 6.61 Å². The maximum Gasteiger partial charge on any atom is 0.350 e. The molecule has 0 amide bonds. The summed E-state index contributed by atoms with van der Waals surface area (Å²) in [7, 11) is 0. The van der Waals surface area contributed by atoms with Crippen molar-refractivity contribution in [1.82, 2.24) is 9.38 Å². The van der Waals surface area contributed by atoms with E-state index in [-0.39, 0.29) is 5.97 Å². The first-order chi connectivity index (χ1) is 10.1. The molecule has 0 spiro atoms. The molecule has 108 valence electrons. The summed E-state index contributed by atoms with van der Waals surface area (Å²) < 4.78 is 7.03. The number of ether oxygens (including phenoxy) is 1. The van der Waals surface area contributed by atoms with E-state index in [4.69, 9.17) is 4.74 Å². The molecule has 2 heterocycles. The smallest absolute Gasteiger partial charge is 0.350 e. The zero-order valence-corrected chi connectivity index (χ0v) is 13.0. The standard InChI is InChI=1S/C16H16N2O2S/c1-4-20-15(19)14-11(3)18-9-13(17-16(18)21-14)12-8-6-5-7-10(12)2/h5-9H,4H2,1-3H3. The SMILES string of the molecule is CCOC(=O)c1sc2nc(-c3ccccc3C)cn2c1C. The first kappa shape index (κ1) is 13.8. The molecule has 0 fully saturated rings. The number of esters is 1. The molecule has 4 nitrogen and oxygen atoms in total. The van der Waals surface area contributed by atoms with E-state index in [1.807, 2.05) is 36.6 Å². The number of hydrogen-bond acceptors (Lipinski definition) is 4. The lowest BCUT2D eigenvalue weighted by molar-refractivity contribution is 0.0531. The van der Waals surface area contributed by atoms with Gasteiger partial charge in [-0.3, -0.25) is 4.40 Å². The average Bonchev–Trinajstić information content (AvgIpc) is 3.00. The normalized spacial score (nSPS) is 11.0. The summed E-state index contributed by atoms with van der Waals surface area (Å²) in [5.74, 6) is -0.275. The molecule has 0 saturated heterocycles. The number of thiazole rings is 1. The van der Waals surface area contributed by atoms with E-state index in [1.54, 1.807) is 0 Å². The minimum atomic E-state index is -0.275. The fourth-order valence-corrected chi connectivity index (χ4v) is 3.33. The van der Waals surface area contributed by atoms with E-state index in [0.29, 0.717) is 11.5 Å². The lowest BCUT2D eigenvalue weighted by Gasteiger charge is -2.01. The van der Waals surface area contributed by atoms with Gasteiger partial charge in [-0.15, -0.1) is 0 Å². The van der Waals surface area contributed by atoms with Gasteiger partial charge < -0.3 is 4.74 Å². The predicted molar refractivity (Wildman–Crippen MR) is 83.9 cm³/mol. The van der Waals surface area contributed by atoms with Crippen molar-refractivity contribution >= 4 is 22.3 Å². The van der Waals surface area contributed by atoms with Crippen molar-refractivity contribution < 1.29 is 9.53 Å². The molecule has 1 aromatic carbocycles. The molecule has 5 heteroatoms. The van der Waals surface area contributed by atoms with Gasteiger partial charge >= 0.3 is 5.97 Å². The number of nitrogens with zero attached hydrogens (tertiary/aromatic N) is 2. The van der Waals surface area contributed by atoms with Gasteiger partial charge in [-0.25, -0.2) is 9.78 Å². The van der Waals surface area contributed by atoms with Crippen LogP contribution in [-0.2, 0) is 4.74 Å². The van der Waals surface area contributed by atoms with Gasteiger partial charge in [0.05, 0.1) is 12.3 Å². The molecule has 3 rings (SSSR count). The number of carbonyl (C=O) groups excluding carboxylic acids is 1. The summed E-state index contributed by atoms with van der Waals surface area (Å²) in [6.45, 7) is 6.17. The summed E-state index contributed by atoms with van der Waals surface area (Å²) in [4.78, 5) is 18.0. The Kier molecular flexibility index (Phi) is 3.51. The van der Waals surface area contributed by atoms with E-state index in [9.17, 15) is 4.79 Å². The highest BCUT2D eigenvalue weighted by atomic mass is 32.1. The molecule has 3 aromatic rings. The summed E-state index contributed by atoms with van der Waals surface area (Å²) in [6, 6.07) is 8.15. The second-order valence-electron chi connectivity index (χ2n) is 4.83. The van der Waals surface area contributed by atoms with Crippen LogP contribution in [0.25, 0.3) is 16.2 Å². The molecule has 21 heavy (non-hydrogen) atoms. The molecule has 2 aromatic heterocycles. The molecule has 0 N–H and O–H groups in total. The third-order valence-electron chi connectivity index (χ3n) is 3.44. The number of imidazole rings is 1. The highest BCUT2D eigenvalue weighted by molar-refractivity contribution is 7.19. The topological polar surface area (TPSA) is 43.6 Å². The van der Waals surface area contributed by atoms with E-state index in [0.717, 1.165) is 21.9 Å². The van der Waals surface area contributed by atoms with Gasteiger partial charge in [-0.05, 0) is 26.3 Å². The van der Waals surface area contributed by atoms with Gasteiger partial charge in [0.25, 0.3) is 0 Å². The van der Waals surface area contributed by atoms with Gasteiger partial charge in [0.15, 0.2) is 4.96 Å². The lowest BCUT2D eigenvalue weighted by Crippen LogP contribution is -2.04. The Morgan fingerprint density at radius 2 is 2.10 bits per heavy atom. The number of aromatic nitrogens is 2. The van der Waals surface area contributed by atoms with Gasteiger partial charge in [-0.1, -0.05) is 35.6 Å². The van der Waals surface area contributed by atoms with E-state index < -0.39 is 0 Å². The van der Waals surface area contributed by atoms with Gasteiger partial charge in [-0.2, -0.15) is 0 Å². The van der Waals surface area contributed by atoms with Crippen LogP contribution in [0.5, 0.6) is 0 Å². The molecule has 0 radical (unpaired) electrons. The zero-order chi connectivity index (χ0) is 15.0. The fourth-order valence-electron chi connectivity index (χ4n) is 2.33. The largest absolute Gasteiger partial charge is 0.462 e. The highest BCUT2D eigenvalue weighted by Crippen LogP contribution is 2.28. The van der Waals surface area contributed by atoms with Crippen LogP contribution in [0.3, 0.4) is 0 Å². The lowest BCUT2D eigenvalue weighted by atomic mass is 10.1. The Balaban J connectivity index is 2.07. The number of fused-ring (bicyclic) bond motifs is 1. The first-order valence-electron chi connectivity index (χ1n) is 6.83. The Bertz CT molecular complexity index is 817. The third-order valence-corrected chi connectivity index (χ3v) is 4.58. The van der Waals surface area contributed by atoms with Crippen molar-refractivity contribution in [3.05, 3.63) is 46.6 Å². The molecule has 0 aliphatic carbocycles. The quantitative estimate of drug-likeness (QED) is 0.690. The van der Waals surface area contributed by atoms with Crippen LogP contribution >= 0.6 is 11.3 Å². The van der Waals surface area contributed by atoms with Crippen LogP contribution < -0.4 is 0 Å². The monoisotopic (exact) mass is 300 g/mol. The van der Waals surface area contributed by atoms with E-state index >= 15 is 0 Å². The van der Waals surface area contributed by atoms with Crippen molar-refractivity contribution in [1.29, 1.82) is 0 Å². The van der Waals surface area contributed by atoms with Gasteiger partial charge in [0, 0.05) is 17.5 Å². The Morgan fingerprint density at radius 1 is 1.33 bits per heavy atom. The van der Waals surface area contributed by atoms with Crippen LogP contribution in [0, 0.1) is 13.8 Å². The number of aryl methyl sites for hydroxylation is 2. The van der Waals surface area contributed by atoms with Crippen LogP contribution in [0.1, 0.15) is 27.9 Å². The number of carbonyl (C=O) groups is 1. The van der Waals surface area contributed by atoms with E-state index in [1.165, 1.54) is 16.9 Å². The van der Waals surface area contributed by atoms with E-state index in [2.05, 4.69) is 24.0 Å². The number of rotatable bonds is 3. The molecular weight excluding hydrogens is 284 g/mol. The average molecular weight is 300 g/mol. The minimum absolute atomic E-state index is 0.275. The summed E-state index contributed by atoms with van der Waals surface area (Å²) in [6.07, 6.45) is 1.98. The van der Waals surface area contributed by atoms with Gasteiger partial charge in [0.2, 0.25) is 0 Å². The molecule has 0 saturated carbocycles. The summed E-state index contributed by atoms with van der Waals surface area (Å²) in [5.41, 5.74) is 4.11. The Hall–Kier alpha value is -2.14. The number of hydrogen-bond donors (Lipinski definition) is 0.